The number of ether oxygens (including phenoxy) is 1. The monoisotopic (exact) mass is 728 g/mol. The quantitative estimate of drug-likeness (QED) is 0.130. The summed E-state index contributed by atoms with van der Waals surface area (Å²) in [5.41, 5.74) is 2.50. The number of halogens is 1. The average Bonchev–Trinajstić information content (AvgIpc) is 3.52. The normalized spacial score (nSPS) is 16.9. The van der Waals surface area contributed by atoms with E-state index in [4.69, 9.17) is 4.74 Å². The van der Waals surface area contributed by atoms with Gasteiger partial charge in [0.1, 0.15) is 17.3 Å². The number of likely N-dealkylation sites (N-methyl/N-ethyl adjacent to an activating group) is 1. The first-order valence-electron chi connectivity index (χ1n) is 15.8. The number of hydrogen-bond acceptors (Lipinski definition) is 12. The van der Waals surface area contributed by atoms with Gasteiger partial charge in [-0.25, -0.2) is 17.4 Å². The lowest BCUT2D eigenvalue weighted by molar-refractivity contribution is 0.0981. The van der Waals surface area contributed by atoms with Gasteiger partial charge in [0.25, 0.3) is 0 Å². The molecule has 2 aromatic carbocycles. The largest absolute Gasteiger partial charge is 0.507 e. The van der Waals surface area contributed by atoms with Crippen molar-refractivity contribution in [1.29, 1.82) is 0 Å². The Hall–Kier alpha value is -3.63. The van der Waals surface area contributed by atoms with E-state index in [-0.39, 0.29) is 12.4 Å². The van der Waals surface area contributed by atoms with Crippen LogP contribution < -0.4 is 20.3 Å². The molecule has 0 aliphatic carbocycles. The molecule has 2 aliphatic heterocycles. The fourth-order valence-corrected chi connectivity index (χ4v) is 7.34. The molecule has 47 heavy (non-hydrogen) atoms. The molecule has 252 valence electrons. The minimum atomic E-state index is -3.64. The van der Waals surface area contributed by atoms with E-state index >= 15 is 0 Å². The number of aliphatic hydroxyl groups is 1. The molecule has 0 spiro atoms. The Balaban J connectivity index is 1.21. The number of aromatic nitrogens is 3. The van der Waals surface area contributed by atoms with Crippen LogP contribution in [0.4, 0.5) is 28.8 Å². The zero-order chi connectivity index (χ0) is 33.1. The zero-order valence-electron chi connectivity index (χ0n) is 26.6. The van der Waals surface area contributed by atoms with Crippen LogP contribution in [0.25, 0.3) is 10.9 Å². The van der Waals surface area contributed by atoms with Crippen molar-refractivity contribution < 1.29 is 23.4 Å². The number of nitrogens with one attached hydrogen (secondary N) is 2. The average molecular weight is 730 g/mol. The van der Waals surface area contributed by atoms with Crippen LogP contribution in [0.1, 0.15) is 19.3 Å². The predicted molar refractivity (Wildman–Crippen MR) is 188 cm³/mol. The highest BCUT2D eigenvalue weighted by atomic mass is 79.9. The molecule has 13 nitrogen and oxygen atoms in total. The summed E-state index contributed by atoms with van der Waals surface area (Å²) in [7, 11) is -1.45. The summed E-state index contributed by atoms with van der Waals surface area (Å²) in [6.45, 7) is 6.82. The second-order valence-corrected chi connectivity index (χ2v) is 14.8. The molecular formula is C32H41BrN8O5S. The lowest BCUT2D eigenvalue weighted by Crippen LogP contribution is -2.52. The molecule has 2 aliphatic rings. The molecule has 0 radical (unpaired) electrons. The third kappa shape index (κ3) is 7.59. The molecule has 2 saturated heterocycles. The van der Waals surface area contributed by atoms with Crippen molar-refractivity contribution in [2.75, 3.05) is 81.3 Å². The SMILES string of the molecule is CN1CCN(C2CCN(c3ccc(Nc4ncc(Br)c(Nc5ccc(O)c6ccn(S(C)(=O)=O)c56)n4)cc3OCCCO)CC2)CC1. The van der Waals surface area contributed by atoms with Gasteiger partial charge < -0.3 is 35.4 Å². The van der Waals surface area contributed by atoms with Crippen LogP contribution in [0.3, 0.4) is 0 Å². The molecule has 0 saturated carbocycles. The molecule has 4 N–H and O–H groups in total. The van der Waals surface area contributed by atoms with Crippen molar-refractivity contribution in [2.45, 2.75) is 25.3 Å². The van der Waals surface area contributed by atoms with Crippen molar-refractivity contribution in [1.82, 2.24) is 23.7 Å². The Morgan fingerprint density at radius 2 is 1.81 bits per heavy atom. The number of anilines is 5. The Bertz CT molecular complexity index is 1820. The first kappa shape index (κ1) is 33.3. The maximum atomic E-state index is 12.5. The van der Waals surface area contributed by atoms with Crippen LogP contribution >= 0.6 is 15.9 Å². The Morgan fingerprint density at radius 1 is 1.04 bits per heavy atom. The minimum absolute atomic E-state index is 0.0306. The van der Waals surface area contributed by atoms with Crippen LogP contribution in [0, 0.1) is 0 Å². The van der Waals surface area contributed by atoms with E-state index in [2.05, 4.69) is 64.3 Å². The molecule has 2 fully saturated rings. The lowest BCUT2D eigenvalue weighted by atomic mass is 10.0. The van der Waals surface area contributed by atoms with Gasteiger partial charge in [0.15, 0.2) is 0 Å². The summed E-state index contributed by atoms with van der Waals surface area (Å²) in [6.07, 6.45) is 6.84. The zero-order valence-corrected chi connectivity index (χ0v) is 29.0. The summed E-state index contributed by atoms with van der Waals surface area (Å²) in [5, 5.41) is 26.6. The van der Waals surface area contributed by atoms with E-state index in [9.17, 15) is 18.6 Å². The van der Waals surface area contributed by atoms with Gasteiger partial charge in [-0.2, -0.15) is 4.98 Å². The summed E-state index contributed by atoms with van der Waals surface area (Å²) in [5.74, 6) is 1.41. The van der Waals surface area contributed by atoms with Crippen molar-refractivity contribution in [3.05, 3.63) is 53.3 Å². The fraction of sp³-hybridized carbons (Fsp3) is 0.438. The minimum Gasteiger partial charge on any atom is -0.507 e. The number of nitrogens with zero attached hydrogens (tertiary/aromatic N) is 6. The third-order valence-corrected chi connectivity index (χ3v) is 10.4. The highest BCUT2D eigenvalue weighted by Gasteiger charge is 2.28. The van der Waals surface area contributed by atoms with E-state index in [0.717, 1.165) is 79.5 Å². The highest BCUT2D eigenvalue weighted by molar-refractivity contribution is 9.10. The predicted octanol–water partition coefficient (Wildman–Crippen LogP) is 4.17. The van der Waals surface area contributed by atoms with E-state index in [1.165, 1.54) is 12.3 Å². The molecule has 6 rings (SSSR count). The van der Waals surface area contributed by atoms with Crippen molar-refractivity contribution in [3.63, 3.8) is 0 Å². The van der Waals surface area contributed by atoms with Gasteiger partial charge in [-0.3, -0.25) is 4.90 Å². The molecule has 15 heteroatoms. The summed E-state index contributed by atoms with van der Waals surface area (Å²) < 4.78 is 32.8. The standard InChI is InChI=1S/C32H41BrN8O5S/c1-38-14-16-39(17-15-38)23-8-11-40(12-9-23)27-6-4-22(20-29(27)46-19-3-18-42)35-32-34-21-25(33)31(37-32)36-26-5-7-28(43)24-10-13-41(30(24)26)47(2,44)45/h4-7,10,13,20-21,23,42-43H,3,8-9,11-12,14-19H2,1-2H3,(H2,34,35,36,37). The maximum absolute atomic E-state index is 12.5. The van der Waals surface area contributed by atoms with Crippen LogP contribution in [0.15, 0.2) is 53.3 Å². The Morgan fingerprint density at radius 3 is 2.53 bits per heavy atom. The molecule has 4 heterocycles. The fourth-order valence-electron chi connectivity index (χ4n) is 6.24. The molecule has 0 bridgehead atoms. The van der Waals surface area contributed by atoms with Crippen LogP contribution in [0.2, 0.25) is 0 Å². The number of aromatic hydroxyl groups is 1. The second kappa shape index (κ2) is 14.2. The lowest BCUT2D eigenvalue weighted by Gasteiger charge is -2.42. The van der Waals surface area contributed by atoms with Crippen LogP contribution in [0.5, 0.6) is 11.5 Å². The van der Waals surface area contributed by atoms with E-state index < -0.39 is 10.0 Å². The number of piperazine rings is 1. The smallest absolute Gasteiger partial charge is 0.236 e. The van der Waals surface area contributed by atoms with E-state index in [0.29, 0.717) is 51.9 Å². The van der Waals surface area contributed by atoms with E-state index in [1.807, 2.05) is 12.1 Å². The molecular weight excluding hydrogens is 688 g/mol. The number of piperidine rings is 1. The van der Waals surface area contributed by atoms with Gasteiger partial charge in [0.05, 0.1) is 34.2 Å². The number of rotatable bonds is 11. The van der Waals surface area contributed by atoms with E-state index in [1.54, 1.807) is 18.3 Å². The first-order valence-corrected chi connectivity index (χ1v) is 18.4. The Kier molecular flexibility index (Phi) is 10.1. The van der Waals surface area contributed by atoms with Gasteiger partial charge >= 0.3 is 0 Å². The van der Waals surface area contributed by atoms with Crippen molar-refractivity contribution >= 4 is 65.7 Å². The highest BCUT2D eigenvalue weighted by Crippen LogP contribution is 2.37. The number of phenolic OH excluding ortho intramolecular Hbond substituents is 1. The third-order valence-electron chi connectivity index (χ3n) is 8.78. The summed E-state index contributed by atoms with van der Waals surface area (Å²) in [6, 6.07) is 11.2. The number of hydrogen-bond donors (Lipinski definition) is 4. The molecule has 2 aromatic heterocycles. The van der Waals surface area contributed by atoms with Crippen molar-refractivity contribution in [3.8, 4) is 11.5 Å². The summed E-state index contributed by atoms with van der Waals surface area (Å²) in [4.78, 5) is 16.5. The number of phenols is 1. The molecule has 0 atom stereocenters. The topological polar surface area (TPSA) is 148 Å². The number of aliphatic hydroxyl groups excluding tert-OH is 1. The molecule has 0 unspecified atom stereocenters. The first-order chi connectivity index (χ1) is 22.6. The van der Waals surface area contributed by atoms with Crippen LogP contribution in [-0.4, -0.2) is 114 Å². The van der Waals surface area contributed by atoms with Gasteiger partial charge in [-0.05, 0) is 66.2 Å². The second-order valence-electron chi connectivity index (χ2n) is 12.1. The van der Waals surface area contributed by atoms with Crippen molar-refractivity contribution in [2.24, 2.45) is 0 Å². The maximum Gasteiger partial charge on any atom is 0.236 e. The van der Waals surface area contributed by atoms with Gasteiger partial charge in [0.2, 0.25) is 16.0 Å². The summed E-state index contributed by atoms with van der Waals surface area (Å²) >= 11 is 3.49. The van der Waals surface area contributed by atoms with Gasteiger partial charge in [-0.15, -0.1) is 0 Å². The van der Waals surface area contributed by atoms with Crippen LogP contribution in [-0.2, 0) is 10.0 Å². The molecule has 0 amide bonds. The van der Waals surface area contributed by atoms with Gasteiger partial charge in [-0.1, -0.05) is 0 Å². The molecule has 4 aromatic rings. The van der Waals surface area contributed by atoms with Gasteiger partial charge in [0, 0.05) is 87.9 Å². The Labute approximate surface area is 283 Å². The number of fused-ring (bicyclic) bond motifs is 1. The number of benzene rings is 2.